The van der Waals surface area contributed by atoms with Crippen molar-refractivity contribution in [3.63, 3.8) is 0 Å². The summed E-state index contributed by atoms with van der Waals surface area (Å²) in [6, 6.07) is 21.0. The molecular weight excluding hydrogens is 1450 g/mol. The Balaban J connectivity index is -0.000000260. The Morgan fingerprint density at radius 3 is 1.13 bits per heavy atom. The first-order valence-corrected chi connectivity index (χ1v) is 38.5. The Bertz CT molecular complexity index is 2830. The summed E-state index contributed by atoms with van der Waals surface area (Å²) in [6.45, 7) is 26.6. The number of nitrogens with zero attached hydrogens (tertiary/aromatic N) is 5. The van der Waals surface area contributed by atoms with Crippen LogP contribution in [0.25, 0.3) is 0 Å². The van der Waals surface area contributed by atoms with Gasteiger partial charge in [-0.2, -0.15) is 12.9 Å². The van der Waals surface area contributed by atoms with Crippen molar-refractivity contribution in [1.82, 2.24) is 34.2 Å². The van der Waals surface area contributed by atoms with Gasteiger partial charge in [-0.05, 0) is 181 Å². The molecule has 0 aliphatic carbocycles. The third kappa shape index (κ3) is 38.1. The predicted octanol–water partition coefficient (Wildman–Crippen LogP) is 0.984. The summed E-state index contributed by atoms with van der Waals surface area (Å²) in [5.41, 5.74) is 8.07. The molecule has 3 saturated heterocycles. The van der Waals surface area contributed by atoms with E-state index in [4.69, 9.17) is 20.5 Å². The first-order valence-electron chi connectivity index (χ1n) is 29.2. The van der Waals surface area contributed by atoms with Crippen LogP contribution in [0.1, 0.15) is 112 Å². The molecule has 3 aromatic rings. The van der Waals surface area contributed by atoms with E-state index in [1.165, 1.54) is 0 Å². The van der Waals surface area contributed by atoms with Crippen LogP contribution in [0.5, 0.6) is 0 Å². The zero-order valence-corrected chi connectivity index (χ0v) is 69.5. The Morgan fingerprint density at radius 1 is 0.622 bits per heavy atom. The number of likely N-dealkylation sites (tertiary alicyclic amines) is 2. The largest absolute Gasteiger partial charge is 1.00 e. The van der Waals surface area contributed by atoms with Crippen LogP contribution in [0.15, 0.2) is 87.5 Å². The predicted molar refractivity (Wildman–Crippen MR) is 349 cm³/mol. The summed E-state index contributed by atoms with van der Waals surface area (Å²) < 4.78 is 93.5. The molecule has 3 aliphatic rings. The molecule has 0 radical (unpaired) electrons. The van der Waals surface area contributed by atoms with Crippen molar-refractivity contribution in [2.75, 3.05) is 70.0 Å². The van der Waals surface area contributed by atoms with Gasteiger partial charge in [0.25, 0.3) is 20.6 Å². The number of nitrogens with one attached hydrogen (secondary N) is 1. The first-order chi connectivity index (χ1) is 39.8. The number of carbonyl (C=O) groups is 4. The molecule has 3 aliphatic heterocycles. The minimum absolute atomic E-state index is 0. The number of hydrogen-bond acceptors (Lipinski definition) is 18. The minimum atomic E-state index is -3.55. The third-order valence-electron chi connectivity index (χ3n) is 13.2. The van der Waals surface area contributed by atoms with E-state index in [2.05, 4.69) is 32.3 Å². The van der Waals surface area contributed by atoms with E-state index in [-0.39, 0.29) is 274 Å². The number of halogens is 1. The second kappa shape index (κ2) is 54.0. The smallest absolute Gasteiger partial charge is 1.00 e. The van der Waals surface area contributed by atoms with Gasteiger partial charge in [0, 0.05) is 138 Å². The van der Waals surface area contributed by atoms with E-state index in [0.717, 1.165) is 42.6 Å². The molecule has 6 rings (SSSR count). The van der Waals surface area contributed by atoms with Crippen molar-refractivity contribution in [2.24, 2.45) is 5.73 Å². The molecule has 31 heteroatoms. The standard InChI is InChI=1S/C19H30N2O4S.C17H27N3O3S.C15H24N2O2S.C4H7IO2.CH2O3.3CH3.Al.2Ar.2K.H3N.H/c1-5-25-19(22)14-20-11-9-17(10-12-20)21(15(2)3)26(23,24)18-8-6-7-16(4)13-18;1-13(2)20(15-7-9-19(10-8-15)12-17(18)21)24(22,23)16-6-4-5-14(3)11-16;1-12(2)17(14-7-9-16-10-8-14)20(18,19)15-6-4-5-13(3)11-15;1-2-7-4(6)3-5;2-1-4-3;;;;;;;;;;/h6-8,13,15,17H,5,9-12,14H2,1-4H3;4-6,11,13,15H,7-10,12H2,1-3H3,(H2,18,21);4-6,11-12,14,16H,7-10H2,1-3H3;2-3H2,1H3;1,3H;3*1H3;;;;;;1H3;/q;;;;;;;;;;;2*+1;;-1/p-1. The van der Waals surface area contributed by atoms with E-state index < -0.39 is 30.1 Å². The Hall–Kier alpha value is 2.12. The van der Waals surface area contributed by atoms with Crippen molar-refractivity contribution in [1.29, 1.82) is 0 Å². The molecule has 0 unspecified atom stereocenters. The van der Waals surface area contributed by atoms with Crippen LogP contribution in [0.3, 0.4) is 0 Å². The number of ether oxygens (including phenoxy) is 2. The molecule has 3 aromatic carbocycles. The molecule has 3 fully saturated rings. The number of amides is 1. The van der Waals surface area contributed by atoms with Gasteiger partial charge in [-0.25, -0.2) is 25.3 Å². The van der Waals surface area contributed by atoms with E-state index in [1.807, 2.05) is 119 Å². The molecule has 90 heavy (non-hydrogen) atoms. The van der Waals surface area contributed by atoms with Crippen LogP contribution in [-0.2, 0) is 63.6 Å². The summed E-state index contributed by atoms with van der Waals surface area (Å²) >= 11 is 1.82. The van der Waals surface area contributed by atoms with Gasteiger partial charge in [0.15, 0.2) is 0 Å². The van der Waals surface area contributed by atoms with E-state index >= 15 is 0 Å². The van der Waals surface area contributed by atoms with Crippen molar-refractivity contribution < 1.29 is 244 Å². The van der Waals surface area contributed by atoms with E-state index in [1.54, 1.807) is 75.3 Å². The zero-order chi connectivity index (χ0) is 64.7. The summed E-state index contributed by atoms with van der Waals surface area (Å²) in [5, 5.41) is 11.7. The number of benzene rings is 3. The van der Waals surface area contributed by atoms with Crippen LogP contribution in [0.2, 0.25) is 17.4 Å². The minimum Gasteiger partial charge on any atom is -1.00 e. The normalized spacial score (nSPS) is 14.7. The van der Waals surface area contributed by atoms with Crippen molar-refractivity contribution in [2.45, 2.75) is 183 Å². The molecule has 508 valence electrons. The van der Waals surface area contributed by atoms with Crippen molar-refractivity contribution >= 4 is 91.1 Å². The fourth-order valence-electron chi connectivity index (χ4n) is 9.91. The van der Waals surface area contributed by atoms with E-state index in [0.29, 0.717) is 84.2 Å². The number of carbonyl (C=O) groups excluding carboxylic acids is 4. The number of rotatable bonds is 20. The van der Waals surface area contributed by atoms with Gasteiger partial charge in [-0.1, -0.05) is 59.0 Å². The van der Waals surface area contributed by atoms with Crippen LogP contribution >= 0.6 is 22.6 Å². The summed E-state index contributed by atoms with van der Waals surface area (Å²) in [4.78, 5) is 49.2. The SMILES string of the molecule is CCOC(=O)CI.CCOC(=O)CN1CCC(N(C(C)C)S(=O)(=O)c2cccc(C)c2)CC1.Cc1cccc(S(=O)(=O)N(C(C)C)C2CCN(CC(N)=O)CC2)c1.Cc1cccc(S(=O)(=O)N(C(C)C)C2CCNCC2)c1.N.O=CO[O-].[Ar].[Ar].[CH3][Al]([CH3])[CH3].[H-].[K+].[K+]. The molecule has 0 atom stereocenters. The van der Waals surface area contributed by atoms with Gasteiger partial charge < -0.3 is 38.2 Å². The number of hydrogen-bond donors (Lipinski definition) is 3. The topological polar surface area (TPSA) is 311 Å². The number of piperidine rings is 3. The van der Waals surface area contributed by atoms with Gasteiger partial charge >= 0.3 is 115 Å². The molecule has 3 heterocycles. The third-order valence-corrected chi connectivity index (χ3v) is 20.2. The fraction of sp³-hybridized carbons (Fsp3) is 0.627. The maximum Gasteiger partial charge on any atom is 1.00 e. The van der Waals surface area contributed by atoms with Crippen LogP contribution in [-0.4, -0.2) is 193 Å². The van der Waals surface area contributed by atoms with Gasteiger partial charge in [-0.15, -0.1) is 17.4 Å². The summed E-state index contributed by atoms with van der Waals surface area (Å²) in [5.74, 6) is 6.21. The fourth-order valence-corrected chi connectivity index (χ4v) is 16.1. The molecule has 0 aromatic heterocycles. The monoisotopic (exact) mass is 1550 g/mol. The number of sulfonamides is 3. The molecule has 22 nitrogen and oxygen atoms in total. The number of primary amides is 1. The number of aryl methyl sites for hydroxylation is 3. The summed E-state index contributed by atoms with van der Waals surface area (Å²) in [7, 11) is -10.5. The number of alkyl halides is 1. The second-order valence-electron chi connectivity index (χ2n) is 22.4. The molecule has 0 bridgehead atoms. The van der Waals surface area contributed by atoms with Gasteiger partial charge in [-0.3, -0.25) is 29.0 Å². The molecule has 1 amide bonds. The van der Waals surface area contributed by atoms with Gasteiger partial charge in [0.1, 0.15) is 0 Å². The maximum absolute atomic E-state index is 13.2. The Labute approximate surface area is 705 Å². The first kappa shape index (κ1) is 101. The average Bonchev–Trinajstić information content (AvgIpc) is 0.878. The average molecular weight is 1560 g/mol. The van der Waals surface area contributed by atoms with Gasteiger partial charge in [0.05, 0.1) is 45.4 Å². The molecule has 0 spiro atoms. The van der Waals surface area contributed by atoms with Crippen LogP contribution in [0.4, 0.5) is 0 Å². The zero-order valence-electron chi connectivity index (χ0n) is 57.1. The molecule has 0 saturated carbocycles. The maximum atomic E-state index is 13.2. The van der Waals surface area contributed by atoms with E-state index in [9.17, 15) is 39.6 Å². The van der Waals surface area contributed by atoms with Crippen molar-refractivity contribution in [3.05, 3.63) is 89.5 Å². The number of nitrogens with two attached hydrogens (primary N) is 1. The molecule has 6 N–H and O–H groups in total. The Kier molecular flexibility index (Phi) is 60.4. The summed E-state index contributed by atoms with van der Waals surface area (Å²) in [6.07, 6.45) is 4.59. The Morgan fingerprint density at radius 2 is 0.900 bits per heavy atom. The van der Waals surface area contributed by atoms with Gasteiger partial charge in [0.2, 0.25) is 36.0 Å². The number of esters is 2. The molecular formula is C59H102AlAr2IK2N8O14S3. The van der Waals surface area contributed by atoms with Crippen molar-refractivity contribution in [3.8, 4) is 0 Å². The second-order valence-corrected chi connectivity index (χ2v) is 32.1. The van der Waals surface area contributed by atoms with Crippen LogP contribution < -0.4 is 125 Å². The van der Waals surface area contributed by atoms with Crippen LogP contribution in [0, 0.1) is 96.2 Å². The quantitative estimate of drug-likeness (QED) is 0.0270.